The topological polar surface area (TPSA) is 53.7 Å². The highest BCUT2D eigenvalue weighted by molar-refractivity contribution is 7.71. The van der Waals surface area contributed by atoms with Gasteiger partial charge in [0.25, 0.3) is 0 Å². The minimum atomic E-state index is 0.283. The average molecular weight is 245 g/mol. The molecule has 1 aliphatic rings. The number of aromatic amines is 1. The van der Waals surface area contributed by atoms with Crippen LogP contribution in [-0.2, 0) is 4.74 Å². The second kappa shape index (κ2) is 3.99. The molecule has 17 heavy (non-hydrogen) atoms. The van der Waals surface area contributed by atoms with Gasteiger partial charge in [0.05, 0.1) is 29.2 Å². The first-order valence-electron chi connectivity index (χ1n) is 5.52. The number of nitrogens with zero attached hydrogens (tertiary/aromatic N) is 2. The van der Waals surface area contributed by atoms with Crippen LogP contribution in [0.5, 0.6) is 0 Å². The molecule has 4 nitrogen and oxygen atoms in total. The molecule has 1 saturated heterocycles. The lowest BCUT2D eigenvalue weighted by Gasteiger charge is -2.10. The van der Waals surface area contributed by atoms with Gasteiger partial charge in [0.2, 0.25) is 0 Å². The molecule has 3 rings (SSSR count). The first-order chi connectivity index (χ1) is 8.31. The van der Waals surface area contributed by atoms with Crippen LogP contribution in [0.15, 0.2) is 18.2 Å². The van der Waals surface area contributed by atoms with Gasteiger partial charge in [0.15, 0.2) is 4.77 Å². The average Bonchev–Trinajstić information content (AvgIpc) is 2.93. The van der Waals surface area contributed by atoms with E-state index in [0.717, 1.165) is 24.1 Å². The normalized spacial score (nSPS) is 19.6. The first-order valence-corrected chi connectivity index (χ1v) is 5.93. The Morgan fingerprint density at radius 2 is 2.41 bits per heavy atom. The third-order valence-electron chi connectivity index (χ3n) is 3.14. The number of para-hydroxylation sites is 1. The molecular formula is C12H11N3OS. The van der Waals surface area contributed by atoms with Crippen LogP contribution in [0.4, 0.5) is 0 Å². The fourth-order valence-corrected chi connectivity index (χ4v) is 2.68. The van der Waals surface area contributed by atoms with Gasteiger partial charge in [0, 0.05) is 6.61 Å². The number of hydrogen-bond acceptors (Lipinski definition) is 3. The number of nitriles is 1. The lowest BCUT2D eigenvalue weighted by Crippen LogP contribution is -2.08. The highest BCUT2D eigenvalue weighted by atomic mass is 32.1. The molecule has 1 aliphatic heterocycles. The predicted molar refractivity (Wildman–Crippen MR) is 66.3 cm³/mol. The predicted octanol–water partition coefficient (Wildman–Crippen LogP) is 2.53. The highest BCUT2D eigenvalue weighted by Gasteiger charge is 2.21. The summed E-state index contributed by atoms with van der Waals surface area (Å²) >= 11 is 5.34. The Bertz CT molecular complexity index is 658. The molecule has 1 aromatic carbocycles. The molecule has 0 amide bonds. The van der Waals surface area contributed by atoms with Crippen LogP contribution in [0.1, 0.15) is 18.0 Å². The molecule has 0 bridgehead atoms. The SMILES string of the molecule is N#Cc1cccc2c1[nH]c(=S)n2C1CCOC1. The van der Waals surface area contributed by atoms with Gasteiger partial charge in [-0.3, -0.25) is 0 Å². The van der Waals surface area contributed by atoms with Crippen molar-refractivity contribution in [3.8, 4) is 6.07 Å². The number of fused-ring (bicyclic) bond motifs is 1. The van der Waals surface area contributed by atoms with Crippen LogP contribution < -0.4 is 0 Å². The summed E-state index contributed by atoms with van der Waals surface area (Å²) in [5, 5.41) is 9.06. The third-order valence-corrected chi connectivity index (χ3v) is 3.44. The number of rotatable bonds is 1. The molecule has 5 heteroatoms. The van der Waals surface area contributed by atoms with Crippen molar-refractivity contribution in [2.75, 3.05) is 13.2 Å². The molecular weight excluding hydrogens is 234 g/mol. The van der Waals surface area contributed by atoms with Crippen LogP contribution >= 0.6 is 12.2 Å². The van der Waals surface area contributed by atoms with Crippen molar-refractivity contribution in [1.29, 1.82) is 5.26 Å². The van der Waals surface area contributed by atoms with E-state index >= 15 is 0 Å². The Balaban J connectivity index is 2.28. The van der Waals surface area contributed by atoms with Crippen LogP contribution in [0, 0.1) is 16.1 Å². The van der Waals surface area contributed by atoms with E-state index in [1.807, 2.05) is 12.1 Å². The van der Waals surface area contributed by atoms with Crippen LogP contribution in [0.3, 0.4) is 0 Å². The fraction of sp³-hybridized carbons (Fsp3) is 0.333. The summed E-state index contributed by atoms with van der Waals surface area (Å²) in [5.74, 6) is 0. The maximum Gasteiger partial charge on any atom is 0.178 e. The molecule has 86 valence electrons. The molecule has 1 atom stereocenters. The van der Waals surface area contributed by atoms with Crippen molar-refractivity contribution >= 4 is 23.3 Å². The summed E-state index contributed by atoms with van der Waals surface area (Å²) in [6.07, 6.45) is 0.970. The number of ether oxygens (including phenoxy) is 1. The quantitative estimate of drug-likeness (QED) is 0.785. The van der Waals surface area contributed by atoms with E-state index in [1.54, 1.807) is 6.07 Å². The van der Waals surface area contributed by atoms with Crippen molar-refractivity contribution in [1.82, 2.24) is 9.55 Å². The first kappa shape index (κ1) is 10.5. The van der Waals surface area contributed by atoms with Crippen molar-refractivity contribution in [2.24, 2.45) is 0 Å². The Morgan fingerprint density at radius 1 is 1.53 bits per heavy atom. The number of nitrogens with one attached hydrogen (secondary N) is 1. The van der Waals surface area contributed by atoms with Gasteiger partial charge in [-0.2, -0.15) is 5.26 Å². The second-order valence-corrected chi connectivity index (χ2v) is 4.52. The van der Waals surface area contributed by atoms with Crippen molar-refractivity contribution in [2.45, 2.75) is 12.5 Å². The number of imidazole rings is 1. The second-order valence-electron chi connectivity index (χ2n) is 4.13. The van der Waals surface area contributed by atoms with Crippen molar-refractivity contribution in [3.63, 3.8) is 0 Å². The van der Waals surface area contributed by atoms with Gasteiger partial charge in [-0.25, -0.2) is 0 Å². The Kier molecular flexibility index (Phi) is 2.46. The summed E-state index contributed by atoms with van der Waals surface area (Å²) in [6, 6.07) is 8.13. The van der Waals surface area contributed by atoms with Crippen molar-refractivity contribution < 1.29 is 4.74 Å². The van der Waals surface area contributed by atoms with Gasteiger partial charge in [0.1, 0.15) is 6.07 Å². The van der Waals surface area contributed by atoms with Crippen LogP contribution in [0.25, 0.3) is 11.0 Å². The smallest absolute Gasteiger partial charge is 0.178 e. The zero-order valence-electron chi connectivity index (χ0n) is 9.14. The lowest BCUT2D eigenvalue weighted by molar-refractivity contribution is 0.187. The third kappa shape index (κ3) is 1.57. The van der Waals surface area contributed by atoms with E-state index in [1.165, 1.54) is 0 Å². The maximum absolute atomic E-state index is 9.06. The minimum absolute atomic E-state index is 0.283. The van der Waals surface area contributed by atoms with E-state index in [2.05, 4.69) is 15.6 Å². The Morgan fingerprint density at radius 3 is 3.12 bits per heavy atom. The summed E-state index contributed by atoms with van der Waals surface area (Å²) in [7, 11) is 0. The van der Waals surface area contributed by atoms with Gasteiger partial charge in [-0.1, -0.05) is 6.07 Å². The number of benzene rings is 1. The van der Waals surface area contributed by atoms with Gasteiger partial charge in [-0.05, 0) is 30.8 Å². The number of aromatic nitrogens is 2. The Labute approximate surface area is 103 Å². The molecule has 1 N–H and O–H groups in total. The largest absolute Gasteiger partial charge is 0.379 e. The summed E-state index contributed by atoms with van der Waals surface area (Å²) in [6.45, 7) is 1.47. The molecule has 1 unspecified atom stereocenters. The van der Waals surface area contributed by atoms with Gasteiger partial charge in [-0.15, -0.1) is 0 Å². The van der Waals surface area contributed by atoms with E-state index in [9.17, 15) is 0 Å². The monoisotopic (exact) mass is 245 g/mol. The summed E-state index contributed by atoms with van der Waals surface area (Å²) in [4.78, 5) is 3.12. The standard InChI is InChI=1S/C12H11N3OS/c13-6-8-2-1-3-10-11(8)14-12(17)15(10)9-4-5-16-7-9/h1-3,9H,4-5,7H2,(H,14,17). The number of hydrogen-bond donors (Lipinski definition) is 1. The molecule has 0 spiro atoms. The molecule has 0 saturated carbocycles. The van der Waals surface area contributed by atoms with E-state index in [0.29, 0.717) is 16.9 Å². The zero-order valence-corrected chi connectivity index (χ0v) is 9.96. The summed E-state index contributed by atoms with van der Waals surface area (Å²) in [5.41, 5.74) is 2.45. The summed E-state index contributed by atoms with van der Waals surface area (Å²) < 4.78 is 8.13. The minimum Gasteiger partial charge on any atom is -0.379 e. The maximum atomic E-state index is 9.06. The van der Waals surface area contributed by atoms with Crippen LogP contribution in [0.2, 0.25) is 0 Å². The van der Waals surface area contributed by atoms with Crippen molar-refractivity contribution in [3.05, 3.63) is 28.5 Å². The lowest BCUT2D eigenvalue weighted by atomic mass is 10.2. The zero-order chi connectivity index (χ0) is 11.8. The number of H-pyrrole nitrogens is 1. The highest BCUT2D eigenvalue weighted by Crippen LogP contribution is 2.26. The van der Waals surface area contributed by atoms with Gasteiger partial charge >= 0.3 is 0 Å². The van der Waals surface area contributed by atoms with E-state index < -0.39 is 0 Å². The van der Waals surface area contributed by atoms with E-state index in [4.69, 9.17) is 22.2 Å². The molecule has 0 radical (unpaired) electrons. The molecule has 2 heterocycles. The Hall–Kier alpha value is -1.64. The van der Waals surface area contributed by atoms with E-state index in [-0.39, 0.29) is 6.04 Å². The fourth-order valence-electron chi connectivity index (χ4n) is 2.33. The van der Waals surface area contributed by atoms with Crippen LogP contribution in [-0.4, -0.2) is 22.8 Å². The molecule has 2 aromatic rings. The molecule has 1 fully saturated rings. The van der Waals surface area contributed by atoms with Gasteiger partial charge < -0.3 is 14.3 Å². The molecule has 0 aliphatic carbocycles. The molecule has 1 aromatic heterocycles.